The number of carbonyl (C=O) groups is 1. The van der Waals surface area contributed by atoms with Crippen molar-refractivity contribution in [2.75, 3.05) is 11.5 Å². The third-order valence-electron chi connectivity index (χ3n) is 2.22. The molecule has 1 unspecified atom stereocenters. The van der Waals surface area contributed by atoms with Crippen LogP contribution in [0.25, 0.3) is 0 Å². The van der Waals surface area contributed by atoms with E-state index in [0.29, 0.717) is 6.42 Å². The molecule has 1 heterocycles. The minimum atomic E-state index is 0.0191. The van der Waals surface area contributed by atoms with Gasteiger partial charge < -0.3 is 5.32 Å². The van der Waals surface area contributed by atoms with Gasteiger partial charge in [-0.15, -0.1) is 23.5 Å². The third-order valence-corrected chi connectivity index (χ3v) is 5.12. The van der Waals surface area contributed by atoms with Gasteiger partial charge in [-0.3, -0.25) is 4.79 Å². The van der Waals surface area contributed by atoms with E-state index in [2.05, 4.69) is 11.4 Å². The number of thioether (sulfide) groups is 2. The number of carbonyl (C=O) groups excluding carboxylic acids is 1. The lowest BCUT2D eigenvalue weighted by molar-refractivity contribution is -0.119. The molecule has 5 heteroatoms. The number of amides is 1. The zero-order valence-corrected chi connectivity index (χ0v) is 10.5. The zero-order chi connectivity index (χ0) is 11.1. The van der Waals surface area contributed by atoms with E-state index in [1.165, 1.54) is 6.42 Å². The van der Waals surface area contributed by atoms with Gasteiger partial charge in [0.1, 0.15) is 4.58 Å². The van der Waals surface area contributed by atoms with Gasteiger partial charge in [-0.1, -0.05) is 6.92 Å². The summed E-state index contributed by atoms with van der Waals surface area (Å²) in [6.45, 7) is 1.99. The Balaban J connectivity index is 2.35. The maximum Gasteiger partial charge on any atom is 0.243 e. The van der Waals surface area contributed by atoms with Crippen molar-refractivity contribution >= 4 is 29.4 Å². The minimum absolute atomic E-state index is 0.0191. The molecule has 0 aromatic carbocycles. The van der Waals surface area contributed by atoms with Crippen LogP contribution in [0.1, 0.15) is 26.2 Å². The normalized spacial score (nSPS) is 19.2. The molecule has 15 heavy (non-hydrogen) atoms. The lowest BCUT2D eigenvalue weighted by Crippen LogP contribution is -2.39. The van der Waals surface area contributed by atoms with E-state index in [0.717, 1.165) is 17.9 Å². The van der Waals surface area contributed by atoms with Gasteiger partial charge >= 0.3 is 0 Å². The Bertz CT molecular complexity index is 246. The van der Waals surface area contributed by atoms with E-state index in [9.17, 15) is 4.79 Å². The van der Waals surface area contributed by atoms with Crippen LogP contribution in [0.4, 0.5) is 0 Å². The molecule has 1 N–H and O–H groups in total. The number of nitrogens with zero attached hydrogens (tertiary/aromatic N) is 1. The average molecular weight is 244 g/mol. The fraction of sp³-hybridized carbons (Fsp3) is 0.800. The lowest BCUT2D eigenvalue weighted by atomic mass is 10.2. The highest BCUT2D eigenvalue weighted by molar-refractivity contribution is 8.18. The summed E-state index contributed by atoms with van der Waals surface area (Å²) in [6.07, 6.45) is 2.42. The Labute approximate surface area is 99.4 Å². The van der Waals surface area contributed by atoms with Gasteiger partial charge in [-0.2, -0.15) is 5.26 Å². The first-order chi connectivity index (χ1) is 7.27. The molecule has 1 saturated heterocycles. The number of nitrogens with one attached hydrogen (secondary N) is 1. The fourth-order valence-corrected chi connectivity index (χ4v) is 3.95. The highest BCUT2D eigenvalue weighted by Crippen LogP contribution is 2.30. The maximum absolute atomic E-state index is 11.8. The fourth-order valence-electron chi connectivity index (χ4n) is 1.32. The average Bonchev–Trinajstić information content (AvgIpc) is 2.29. The van der Waals surface area contributed by atoms with E-state index < -0.39 is 0 Å². The minimum Gasteiger partial charge on any atom is -0.351 e. The molecular weight excluding hydrogens is 228 g/mol. The van der Waals surface area contributed by atoms with Crippen LogP contribution >= 0.6 is 23.5 Å². The van der Waals surface area contributed by atoms with Gasteiger partial charge in [0.15, 0.2) is 0 Å². The Morgan fingerprint density at radius 3 is 2.80 bits per heavy atom. The number of hydrogen-bond donors (Lipinski definition) is 1. The van der Waals surface area contributed by atoms with E-state index in [4.69, 9.17) is 5.26 Å². The van der Waals surface area contributed by atoms with Gasteiger partial charge in [0, 0.05) is 6.04 Å². The van der Waals surface area contributed by atoms with E-state index >= 15 is 0 Å². The maximum atomic E-state index is 11.8. The molecule has 0 aromatic heterocycles. The van der Waals surface area contributed by atoms with Crippen molar-refractivity contribution < 1.29 is 4.79 Å². The molecule has 1 fully saturated rings. The Morgan fingerprint density at radius 1 is 1.60 bits per heavy atom. The smallest absolute Gasteiger partial charge is 0.243 e. The second kappa shape index (κ2) is 7.02. The largest absolute Gasteiger partial charge is 0.351 e. The van der Waals surface area contributed by atoms with E-state index in [1.54, 1.807) is 23.5 Å². The van der Waals surface area contributed by atoms with Gasteiger partial charge in [0.05, 0.1) is 12.5 Å². The Hall–Kier alpha value is -0.340. The van der Waals surface area contributed by atoms with Crippen molar-refractivity contribution in [1.82, 2.24) is 5.32 Å². The molecule has 1 aliphatic rings. The summed E-state index contributed by atoms with van der Waals surface area (Å²) in [6, 6.07) is 2.12. The molecule has 0 saturated carbocycles. The SMILES string of the molecule is CCC(CC#N)NC(=O)C1SCCCS1. The van der Waals surface area contributed by atoms with Crippen molar-refractivity contribution in [2.45, 2.75) is 36.8 Å². The van der Waals surface area contributed by atoms with Crippen LogP contribution in [0.2, 0.25) is 0 Å². The van der Waals surface area contributed by atoms with Crippen LogP contribution in [0.15, 0.2) is 0 Å². The first kappa shape index (κ1) is 12.7. The van der Waals surface area contributed by atoms with Gasteiger partial charge in [-0.25, -0.2) is 0 Å². The monoisotopic (exact) mass is 244 g/mol. The molecule has 1 atom stereocenters. The lowest BCUT2D eigenvalue weighted by Gasteiger charge is -2.22. The summed E-state index contributed by atoms with van der Waals surface area (Å²) < 4.78 is 0.0338. The highest BCUT2D eigenvalue weighted by Gasteiger charge is 2.23. The molecular formula is C10H16N2OS2. The van der Waals surface area contributed by atoms with Crippen molar-refractivity contribution in [3.05, 3.63) is 0 Å². The zero-order valence-electron chi connectivity index (χ0n) is 8.86. The van der Waals surface area contributed by atoms with Crippen LogP contribution < -0.4 is 5.32 Å². The topological polar surface area (TPSA) is 52.9 Å². The van der Waals surface area contributed by atoms with Crippen LogP contribution in [-0.4, -0.2) is 28.0 Å². The number of hydrogen-bond acceptors (Lipinski definition) is 4. The molecule has 0 spiro atoms. The molecule has 0 radical (unpaired) electrons. The van der Waals surface area contributed by atoms with Crippen LogP contribution in [0.3, 0.4) is 0 Å². The quantitative estimate of drug-likeness (QED) is 0.821. The van der Waals surface area contributed by atoms with Crippen molar-refractivity contribution in [2.24, 2.45) is 0 Å². The van der Waals surface area contributed by atoms with Crippen LogP contribution in [0, 0.1) is 11.3 Å². The number of rotatable bonds is 4. The Kier molecular flexibility index (Phi) is 5.96. The molecule has 1 amide bonds. The van der Waals surface area contributed by atoms with E-state index in [-0.39, 0.29) is 16.5 Å². The Morgan fingerprint density at radius 2 is 2.27 bits per heavy atom. The summed E-state index contributed by atoms with van der Waals surface area (Å²) in [5.74, 6) is 2.23. The van der Waals surface area contributed by atoms with E-state index in [1.807, 2.05) is 6.92 Å². The van der Waals surface area contributed by atoms with Crippen LogP contribution in [-0.2, 0) is 4.79 Å². The van der Waals surface area contributed by atoms with Crippen LogP contribution in [0.5, 0.6) is 0 Å². The number of nitriles is 1. The molecule has 0 aliphatic carbocycles. The predicted molar refractivity (Wildman–Crippen MR) is 65.8 cm³/mol. The summed E-state index contributed by atoms with van der Waals surface area (Å²) in [7, 11) is 0. The summed E-state index contributed by atoms with van der Waals surface area (Å²) in [5, 5.41) is 11.5. The highest BCUT2D eigenvalue weighted by atomic mass is 32.2. The van der Waals surface area contributed by atoms with Crippen molar-refractivity contribution in [3.63, 3.8) is 0 Å². The third kappa shape index (κ3) is 4.35. The van der Waals surface area contributed by atoms with Crippen molar-refractivity contribution in [3.8, 4) is 6.07 Å². The second-order valence-corrected chi connectivity index (χ2v) is 6.13. The molecule has 0 aromatic rings. The standard InChI is InChI=1S/C10H16N2OS2/c1-2-8(4-5-11)12-9(13)10-14-6-3-7-15-10/h8,10H,2-4,6-7H2,1H3,(H,12,13). The predicted octanol–water partition coefficient (Wildman–Crippen LogP) is 1.99. The summed E-state index contributed by atoms with van der Waals surface area (Å²) in [5.41, 5.74) is 0. The van der Waals surface area contributed by atoms with Gasteiger partial charge in [0.2, 0.25) is 5.91 Å². The van der Waals surface area contributed by atoms with Crippen molar-refractivity contribution in [1.29, 1.82) is 5.26 Å². The summed E-state index contributed by atoms with van der Waals surface area (Å²) in [4.78, 5) is 11.8. The molecule has 3 nitrogen and oxygen atoms in total. The first-order valence-corrected chi connectivity index (χ1v) is 7.28. The van der Waals surface area contributed by atoms with Gasteiger partial charge in [0.25, 0.3) is 0 Å². The first-order valence-electron chi connectivity index (χ1n) is 5.18. The summed E-state index contributed by atoms with van der Waals surface area (Å²) >= 11 is 3.42. The molecule has 1 aliphatic heterocycles. The van der Waals surface area contributed by atoms with Gasteiger partial charge in [-0.05, 0) is 24.3 Å². The molecule has 0 bridgehead atoms. The second-order valence-electron chi connectivity index (χ2n) is 3.40. The molecule has 84 valence electrons. The molecule has 1 rings (SSSR count).